The lowest BCUT2D eigenvalue weighted by molar-refractivity contribution is -0.153. The molecule has 2 aliphatic rings. The van der Waals surface area contributed by atoms with E-state index in [2.05, 4.69) is 10.2 Å². The predicted molar refractivity (Wildman–Crippen MR) is 157 cm³/mol. The Hall–Kier alpha value is -3.57. The van der Waals surface area contributed by atoms with Gasteiger partial charge in [-0.05, 0) is 28.8 Å². The lowest BCUT2D eigenvalue weighted by Gasteiger charge is -2.48. The van der Waals surface area contributed by atoms with E-state index in [9.17, 15) is 9.59 Å². The van der Waals surface area contributed by atoms with Gasteiger partial charge in [-0.25, -0.2) is 4.79 Å². The van der Waals surface area contributed by atoms with Crippen molar-refractivity contribution >= 4 is 47.8 Å². The molecule has 1 saturated heterocycles. The van der Waals surface area contributed by atoms with E-state index in [4.69, 9.17) is 14.9 Å². The number of nitrogens with two attached hydrogens (primary N) is 1. The van der Waals surface area contributed by atoms with E-state index in [0.717, 1.165) is 22.3 Å². The Morgan fingerprint density at radius 1 is 1.00 bits per heavy atom. The topological polar surface area (TPSA) is 112 Å². The van der Waals surface area contributed by atoms with Crippen LogP contribution >= 0.6 is 35.9 Å². The van der Waals surface area contributed by atoms with Crippen LogP contribution in [-0.2, 0) is 14.3 Å². The molecule has 204 valence electrons. The molecule has 1 aromatic heterocycles. The maximum absolute atomic E-state index is 13.8. The largest absolute Gasteiger partial charge is 0.448 e. The molecule has 2 atom stereocenters. The average molecular weight is 593 g/mol. The van der Waals surface area contributed by atoms with Gasteiger partial charge in [0.25, 0.3) is 5.22 Å². The molecule has 0 unspecified atom stereocenters. The van der Waals surface area contributed by atoms with Gasteiger partial charge in [-0.3, -0.25) is 9.69 Å². The summed E-state index contributed by atoms with van der Waals surface area (Å²) in [6.45, 7) is 0. The van der Waals surface area contributed by atoms with E-state index in [1.807, 2.05) is 91.0 Å². The summed E-state index contributed by atoms with van der Waals surface area (Å²) in [5, 5.41) is 8.37. The Labute approximate surface area is 245 Å². The van der Waals surface area contributed by atoms with Crippen LogP contribution in [0.4, 0.5) is 0 Å². The van der Waals surface area contributed by atoms with Crippen molar-refractivity contribution in [2.75, 3.05) is 11.5 Å². The van der Waals surface area contributed by atoms with Crippen molar-refractivity contribution in [1.82, 2.24) is 15.1 Å². The summed E-state index contributed by atoms with van der Waals surface area (Å²) in [6.07, 6.45) is -0.635. The molecule has 1 amide bonds. The minimum absolute atomic E-state index is 0. The molecule has 0 aliphatic carbocycles. The number of hydrogen-bond donors (Lipinski definition) is 1. The number of benzene rings is 3. The smallest absolute Gasteiger partial charge is 0.356 e. The monoisotopic (exact) mass is 592 g/mol. The van der Waals surface area contributed by atoms with Crippen LogP contribution in [0.15, 0.2) is 112 Å². The molecule has 4 aromatic rings. The molecule has 0 spiro atoms. The SMILES string of the molecule is Cl.N[C@@H]1C(=O)N2C(C(=O)OC(c3ccccc3)c3ccccc3)=C(CSc3nnc(-c4ccccc4)o3)CS[C@H]12. The number of halogens is 1. The van der Waals surface area contributed by atoms with E-state index < -0.39 is 18.1 Å². The number of aromatic nitrogens is 2. The first-order chi connectivity index (χ1) is 19.1. The zero-order chi connectivity index (χ0) is 26.8. The summed E-state index contributed by atoms with van der Waals surface area (Å²) in [4.78, 5) is 28.1. The molecule has 3 heterocycles. The summed E-state index contributed by atoms with van der Waals surface area (Å²) >= 11 is 2.85. The molecular weight excluding hydrogens is 568 g/mol. The van der Waals surface area contributed by atoms with Crippen LogP contribution in [0, 0.1) is 0 Å². The number of rotatable bonds is 8. The summed E-state index contributed by atoms with van der Waals surface area (Å²) in [6, 6.07) is 28.0. The van der Waals surface area contributed by atoms with Crippen LogP contribution in [0.2, 0.25) is 0 Å². The second-order valence-electron chi connectivity index (χ2n) is 9.02. The number of β-lactam (4-membered cyclic amide) rings is 1. The Balaban J connectivity index is 0.00000323. The first-order valence-corrected chi connectivity index (χ1v) is 14.4. The van der Waals surface area contributed by atoms with Crippen molar-refractivity contribution in [3.8, 4) is 11.5 Å². The maximum Gasteiger partial charge on any atom is 0.356 e. The van der Waals surface area contributed by atoms with E-state index in [1.54, 1.807) is 0 Å². The summed E-state index contributed by atoms with van der Waals surface area (Å²) in [5.74, 6) is 0.468. The standard InChI is InChI=1S/C29H24N4O4S2.ClH/c30-22-26(34)33-23(28(35)36-24(18-10-4-1-5-11-18)19-12-6-2-7-13-19)21(16-38-27(22)33)17-39-29-32-31-25(37-29)20-14-8-3-9-15-20;/h1-15,22,24,27H,16-17,30H2;1H/t22-,27-;/m1./s1. The Bertz CT molecular complexity index is 1480. The van der Waals surface area contributed by atoms with Crippen LogP contribution in [0.1, 0.15) is 17.2 Å². The fourth-order valence-corrected chi connectivity index (χ4v) is 6.74. The molecule has 8 nitrogen and oxygen atoms in total. The number of ether oxygens (including phenoxy) is 1. The van der Waals surface area contributed by atoms with Gasteiger partial charge in [-0.2, -0.15) is 0 Å². The third-order valence-corrected chi connectivity index (χ3v) is 8.77. The highest BCUT2D eigenvalue weighted by Gasteiger charge is 2.52. The normalized spacial score (nSPS) is 18.1. The number of esters is 1. The van der Waals surface area contributed by atoms with Gasteiger partial charge in [-0.15, -0.1) is 34.4 Å². The fraction of sp³-hybridized carbons (Fsp3) is 0.172. The highest BCUT2D eigenvalue weighted by atomic mass is 35.5. The molecule has 6 rings (SSSR count). The van der Waals surface area contributed by atoms with Gasteiger partial charge in [0, 0.05) is 17.1 Å². The van der Waals surface area contributed by atoms with Crippen molar-refractivity contribution < 1.29 is 18.7 Å². The maximum atomic E-state index is 13.8. The Morgan fingerprint density at radius 3 is 2.23 bits per heavy atom. The van der Waals surface area contributed by atoms with Crippen LogP contribution < -0.4 is 5.73 Å². The molecule has 40 heavy (non-hydrogen) atoms. The zero-order valence-corrected chi connectivity index (χ0v) is 23.5. The number of carbonyl (C=O) groups excluding carboxylic acids is 2. The predicted octanol–water partition coefficient (Wildman–Crippen LogP) is 5.08. The number of hydrogen-bond acceptors (Lipinski definition) is 9. The first kappa shape index (κ1) is 28.0. The van der Waals surface area contributed by atoms with Crippen molar-refractivity contribution in [3.05, 3.63) is 113 Å². The lowest BCUT2D eigenvalue weighted by Crippen LogP contribution is -2.68. The Kier molecular flexibility index (Phi) is 8.60. The summed E-state index contributed by atoms with van der Waals surface area (Å²) < 4.78 is 12.0. The van der Waals surface area contributed by atoms with Gasteiger partial charge < -0.3 is 14.9 Å². The number of nitrogens with zero attached hydrogens (tertiary/aromatic N) is 3. The number of carbonyl (C=O) groups is 2. The highest BCUT2D eigenvalue weighted by Crippen LogP contribution is 2.42. The number of fused-ring (bicyclic) bond motifs is 1. The molecule has 1 fully saturated rings. The minimum Gasteiger partial charge on any atom is -0.448 e. The van der Waals surface area contributed by atoms with Crippen molar-refractivity contribution in [2.24, 2.45) is 5.73 Å². The molecule has 0 radical (unpaired) electrons. The fourth-order valence-electron chi connectivity index (χ4n) is 4.54. The zero-order valence-electron chi connectivity index (χ0n) is 21.1. The Morgan fingerprint density at radius 2 is 1.60 bits per heavy atom. The molecule has 0 bridgehead atoms. The van der Waals surface area contributed by atoms with Crippen LogP contribution in [0.5, 0.6) is 0 Å². The first-order valence-electron chi connectivity index (χ1n) is 12.3. The lowest BCUT2D eigenvalue weighted by atomic mass is 10.0. The molecule has 2 aliphatic heterocycles. The van der Waals surface area contributed by atoms with Crippen LogP contribution in [0.25, 0.3) is 11.5 Å². The van der Waals surface area contributed by atoms with E-state index in [-0.39, 0.29) is 29.4 Å². The molecule has 3 aromatic carbocycles. The highest BCUT2D eigenvalue weighted by molar-refractivity contribution is 8.01. The second-order valence-corrected chi connectivity index (χ2v) is 11.1. The van der Waals surface area contributed by atoms with Gasteiger partial charge in [0.2, 0.25) is 11.8 Å². The third kappa shape index (κ3) is 5.53. The van der Waals surface area contributed by atoms with Gasteiger partial charge in [0.1, 0.15) is 17.1 Å². The molecule has 2 N–H and O–H groups in total. The summed E-state index contributed by atoms with van der Waals surface area (Å²) in [5.41, 5.74) is 9.56. The van der Waals surface area contributed by atoms with Crippen LogP contribution in [-0.4, -0.2) is 49.9 Å². The van der Waals surface area contributed by atoms with Gasteiger partial charge >= 0.3 is 5.97 Å². The second kappa shape index (κ2) is 12.3. The number of thioether (sulfide) groups is 2. The van der Waals surface area contributed by atoms with E-state index in [0.29, 0.717) is 22.6 Å². The quantitative estimate of drug-likeness (QED) is 0.170. The molecule has 0 saturated carbocycles. The van der Waals surface area contributed by atoms with Gasteiger partial charge in [-0.1, -0.05) is 90.6 Å². The van der Waals surface area contributed by atoms with E-state index >= 15 is 0 Å². The molecular formula is C29H25ClN4O4S2. The van der Waals surface area contributed by atoms with Crippen molar-refractivity contribution in [1.29, 1.82) is 0 Å². The van der Waals surface area contributed by atoms with Crippen molar-refractivity contribution in [3.63, 3.8) is 0 Å². The summed E-state index contributed by atoms with van der Waals surface area (Å²) in [7, 11) is 0. The van der Waals surface area contributed by atoms with Gasteiger partial charge in [0.05, 0.1) is 0 Å². The third-order valence-electron chi connectivity index (χ3n) is 6.51. The van der Waals surface area contributed by atoms with Crippen molar-refractivity contribution in [2.45, 2.75) is 22.7 Å². The van der Waals surface area contributed by atoms with Gasteiger partial charge in [0.15, 0.2) is 6.10 Å². The van der Waals surface area contributed by atoms with Crippen LogP contribution in [0.3, 0.4) is 0 Å². The average Bonchev–Trinajstić information content (AvgIpc) is 3.48. The molecule has 11 heteroatoms. The van der Waals surface area contributed by atoms with E-state index in [1.165, 1.54) is 28.4 Å². The minimum atomic E-state index is -0.643. The number of amides is 1.